The Morgan fingerprint density at radius 2 is 1.58 bits per heavy atom. The molecule has 0 N–H and O–H groups in total. The third-order valence-corrected chi connectivity index (χ3v) is 1.97. The van der Waals surface area contributed by atoms with Crippen molar-refractivity contribution in [2.45, 2.75) is 19.8 Å². The number of amides is 1. The quantitative estimate of drug-likeness (QED) is 0.470. The van der Waals surface area contributed by atoms with E-state index in [0.717, 1.165) is 0 Å². The Bertz CT molecular complexity index is 216. The zero-order valence-electron chi connectivity index (χ0n) is 7.00. The predicted octanol–water partition coefficient (Wildman–Crippen LogP) is -0.233. The Balaban J connectivity index is 2.61. The van der Waals surface area contributed by atoms with Gasteiger partial charge in [-0.3, -0.25) is 14.4 Å². The summed E-state index contributed by atoms with van der Waals surface area (Å²) in [5.41, 5.74) is 0. The molecule has 0 radical (unpaired) electrons. The number of hydrogen-bond donors (Lipinski definition) is 0. The van der Waals surface area contributed by atoms with Crippen molar-refractivity contribution in [3.8, 4) is 0 Å². The van der Waals surface area contributed by atoms with E-state index in [1.165, 1.54) is 11.8 Å². The second-order valence-electron chi connectivity index (χ2n) is 2.85. The molecule has 0 spiro atoms. The van der Waals surface area contributed by atoms with Crippen molar-refractivity contribution in [3.63, 3.8) is 0 Å². The molecule has 4 nitrogen and oxygen atoms in total. The molecule has 0 aliphatic carbocycles. The highest BCUT2D eigenvalue weighted by molar-refractivity contribution is 6.37. The Kier molecular flexibility index (Phi) is 2.58. The van der Waals surface area contributed by atoms with Crippen LogP contribution in [0.1, 0.15) is 19.8 Å². The highest BCUT2D eigenvalue weighted by Crippen LogP contribution is 2.03. The van der Waals surface area contributed by atoms with Gasteiger partial charge in [0, 0.05) is 32.9 Å². The van der Waals surface area contributed by atoms with Crippen LogP contribution < -0.4 is 0 Å². The van der Waals surface area contributed by atoms with E-state index >= 15 is 0 Å². The second kappa shape index (κ2) is 3.47. The van der Waals surface area contributed by atoms with E-state index in [1.807, 2.05) is 0 Å². The van der Waals surface area contributed by atoms with Crippen LogP contribution in [0.2, 0.25) is 0 Å². The fourth-order valence-corrected chi connectivity index (χ4v) is 1.18. The van der Waals surface area contributed by atoms with Crippen molar-refractivity contribution in [2.75, 3.05) is 13.1 Å². The Hall–Kier alpha value is -1.19. The summed E-state index contributed by atoms with van der Waals surface area (Å²) in [7, 11) is 0. The molecule has 4 heteroatoms. The first kappa shape index (κ1) is 8.90. The smallest absolute Gasteiger partial charge is 0.219 e. The molecule has 1 rings (SSSR count). The third kappa shape index (κ3) is 1.90. The van der Waals surface area contributed by atoms with Gasteiger partial charge in [0.25, 0.3) is 0 Å². The molecule has 0 aromatic heterocycles. The fourth-order valence-electron chi connectivity index (χ4n) is 1.18. The van der Waals surface area contributed by atoms with Crippen LogP contribution in [0.15, 0.2) is 0 Å². The lowest BCUT2D eigenvalue weighted by Gasteiger charge is -2.16. The molecule has 0 saturated carbocycles. The lowest BCUT2D eigenvalue weighted by Crippen LogP contribution is -2.29. The largest absolute Gasteiger partial charge is 0.342 e. The zero-order chi connectivity index (χ0) is 9.14. The summed E-state index contributed by atoms with van der Waals surface area (Å²) < 4.78 is 0. The Labute approximate surface area is 70.5 Å². The topological polar surface area (TPSA) is 54.5 Å². The van der Waals surface area contributed by atoms with E-state index in [2.05, 4.69) is 0 Å². The van der Waals surface area contributed by atoms with Crippen LogP contribution in [0.3, 0.4) is 0 Å². The van der Waals surface area contributed by atoms with Gasteiger partial charge in [0.1, 0.15) is 0 Å². The summed E-state index contributed by atoms with van der Waals surface area (Å²) >= 11 is 0. The van der Waals surface area contributed by atoms with E-state index < -0.39 is 0 Å². The minimum absolute atomic E-state index is 0.0718. The fraction of sp³-hybridized carbons (Fsp3) is 0.625. The average molecular weight is 169 g/mol. The maximum atomic E-state index is 10.9. The number of carbonyl (C=O) groups excluding carboxylic acids is 3. The van der Waals surface area contributed by atoms with Crippen LogP contribution >= 0.6 is 0 Å². The van der Waals surface area contributed by atoms with E-state index in [4.69, 9.17) is 0 Å². The number of Topliss-reactive ketones (excluding diaryl/α,β-unsaturated/α-hetero) is 2. The van der Waals surface area contributed by atoms with Crippen molar-refractivity contribution >= 4 is 17.5 Å². The number of hydrogen-bond acceptors (Lipinski definition) is 3. The number of nitrogens with zero attached hydrogens (tertiary/aromatic N) is 1. The van der Waals surface area contributed by atoms with Crippen molar-refractivity contribution in [2.24, 2.45) is 0 Å². The summed E-state index contributed by atoms with van der Waals surface area (Å²) in [6, 6.07) is 0. The molecule has 66 valence electrons. The van der Waals surface area contributed by atoms with Gasteiger partial charge in [0.2, 0.25) is 5.91 Å². The standard InChI is InChI=1S/C8H11NO3/c1-6(10)9-4-2-7(11)8(12)3-5-9/h2-5H2,1H3. The number of likely N-dealkylation sites (tertiary alicyclic amines) is 1. The lowest BCUT2D eigenvalue weighted by atomic mass is 10.2. The number of rotatable bonds is 0. The molecule has 0 aromatic carbocycles. The summed E-state index contributed by atoms with van der Waals surface area (Å²) in [5, 5.41) is 0. The van der Waals surface area contributed by atoms with Crippen molar-refractivity contribution in [1.29, 1.82) is 0 Å². The van der Waals surface area contributed by atoms with Gasteiger partial charge >= 0.3 is 0 Å². The van der Waals surface area contributed by atoms with Crippen molar-refractivity contribution in [3.05, 3.63) is 0 Å². The molecular weight excluding hydrogens is 158 g/mol. The molecular formula is C8H11NO3. The van der Waals surface area contributed by atoms with Gasteiger partial charge in [-0.25, -0.2) is 0 Å². The van der Waals surface area contributed by atoms with E-state index in [1.54, 1.807) is 0 Å². The second-order valence-corrected chi connectivity index (χ2v) is 2.85. The molecule has 0 unspecified atom stereocenters. The van der Waals surface area contributed by atoms with Gasteiger partial charge in [-0.2, -0.15) is 0 Å². The summed E-state index contributed by atoms with van der Waals surface area (Å²) in [6.07, 6.45) is 0.358. The average Bonchev–Trinajstić information content (AvgIpc) is 2.16. The van der Waals surface area contributed by atoms with Gasteiger partial charge in [-0.05, 0) is 0 Å². The minimum Gasteiger partial charge on any atom is -0.342 e. The number of carbonyl (C=O) groups is 3. The van der Waals surface area contributed by atoms with E-state index in [-0.39, 0.29) is 30.3 Å². The van der Waals surface area contributed by atoms with Gasteiger partial charge in [-0.15, -0.1) is 0 Å². The first-order chi connectivity index (χ1) is 5.61. The van der Waals surface area contributed by atoms with Crippen LogP contribution in [0.25, 0.3) is 0 Å². The van der Waals surface area contributed by atoms with Gasteiger partial charge in [0.15, 0.2) is 11.6 Å². The Morgan fingerprint density at radius 3 is 1.92 bits per heavy atom. The minimum atomic E-state index is -0.348. The van der Waals surface area contributed by atoms with Crippen LogP contribution in [0.4, 0.5) is 0 Å². The van der Waals surface area contributed by atoms with Crippen LogP contribution in [-0.4, -0.2) is 35.5 Å². The number of ketones is 2. The van der Waals surface area contributed by atoms with E-state index in [9.17, 15) is 14.4 Å². The summed E-state index contributed by atoms with van der Waals surface area (Å²) in [5.74, 6) is -0.769. The van der Waals surface area contributed by atoms with Gasteiger partial charge in [0.05, 0.1) is 0 Å². The summed E-state index contributed by atoms with van der Waals surface area (Å²) in [4.78, 5) is 34.2. The van der Waals surface area contributed by atoms with Gasteiger partial charge < -0.3 is 4.90 Å². The normalized spacial score (nSPS) is 19.2. The maximum absolute atomic E-state index is 10.9. The summed E-state index contributed by atoms with van der Waals surface area (Å²) in [6.45, 7) is 2.22. The van der Waals surface area contributed by atoms with E-state index in [0.29, 0.717) is 13.1 Å². The lowest BCUT2D eigenvalue weighted by molar-refractivity contribution is -0.135. The van der Waals surface area contributed by atoms with Crippen LogP contribution in [-0.2, 0) is 14.4 Å². The molecule has 1 fully saturated rings. The molecule has 1 aliphatic heterocycles. The SMILES string of the molecule is CC(=O)N1CCC(=O)C(=O)CC1. The molecule has 0 bridgehead atoms. The molecule has 0 atom stereocenters. The van der Waals surface area contributed by atoms with Crippen molar-refractivity contribution in [1.82, 2.24) is 4.90 Å². The Morgan fingerprint density at radius 1 is 1.17 bits per heavy atom. The molecule has 1 heterocycles. The van der Waals surface area contributed by atoms with Gasteiger partial charge in [-0.1, -0.05) is 0 Å². The highest BCUT2D eigenvalue weighted by atomic mass is 16.2. The molecule has 0 aromatic rings. The molecule has 1 aliphatic rings. The molecule has 1 saturated heterocycles. The predicted molar refractivity (Wildman–Crippen MR) is 41.5 cm³/mol. The monoisotopic (exact) mass is 169 g/mol. The maximum Gasteiger partial charge on any atom is 0.219 e. The highest BCUT2D eigenvalue weighted by Gasteiger charge is 2.21. The zero-order valence-corrected chi connectivity index (χ0v) is 7.00. The van der Waals surface area contributed by atoms with Crippen molar-refractivity contribution < 1.29 is 14.4 Å². The van der Waals surface area contributed by atoms with Crippen LogP contribution in [0.5, 0.6) is 0 Å². The molecule has 12 heavy (non-hydrogen) atoms. The third-order valence-electron chi connectivity index (χ3n) is 1.97. The molecule has 1 amide bonds. The first-order valence-electron chi connectivity index (χ1n) is 3.93. The first-order valence-corrected chi connectivity index (χ1v) is 3.93. The van der Waals surface area contributed by atoms with Crippen LogP contribution in [0, 0.1) is 0 Å².